The first-order chi connectivity index (χ1) is 19.0. The zero-order valence-electron chi connectivity index (χ0n) is 23.5. The first kappa shape index (κ1) is 29.4. The van der Waals surface area contributed by atoms with Crippen molar-refractivity contribution >= 4 is 21.9 Å². The van der Waals surface area contributed by atoms with Crippen molar-refractivity contribution in [2.45, 2.75) is 70.0 Å². The molecular weight excluding hydrogens is 532 g/mol. The number of aryl methyl sites for hydroxylation is 1. The highest BCUT2D eigenvalue weighted by Gasteiger charge is 2.34. The molecule has 3 aromatic rings. The molecule has 0 saturated heterocycles. The van der Waals surface area contributed by atoms with Crippen LogP contribution < -0.4 is 10.1 Å². The zero-order valence-corrected chi connectivity index (χ0v) is 24.3. The van der Waals surface area contributed by atoms with Gasteiger partial charge in [0.05, 0.1) is 26.0 Å². The fourth-order valence-electron chi connectivity index (χ4n) is 4.70. The lowest BCUT2D eigenvalue weighted by molar-refractivity contribution is -0.140. The number of hydrogen-bond donors (Lipinski definition) is 1. The normalized spacial score (nSPS) is 17.4. The Kier molecular flexibility index (Phi) is 9.00. The van der Waals surface area contributed by atoms with Crippen molar-refractivity contribution in [3.05, 3.63) is 82.8 Å². The van der Waals surface area contributed by atoms with Crippen molar-refractivity contribution in [2.24, 2.45) is 0 Å². The number of hydrogen-bond acceptors (Lipinski definition) is 7. The van der Waals surface area contributed by atoms with Crippen molar-refractivity contribution in [1.82, 2.24) is 9.62 Å². The molecule has 1 amide bonds. The quantitative estimate of drug-likeness (QED) is 0.369. The van der Waals surface area contributed by atoms with E-state index in [0.717, 1.165) is 16.7 Å². The number of nitrogens with zero attached hydrogens (tertiary/aromatic N) is 1. The Morgan fingerprint density at radius 3 is 2.58 bits per heavy atom. The highest BCUT2D eigenvalue weighted by Crippen LogP contribution is 2.35. The van der Waals surface area contributed by atoms with Crippen LogP contribution in [0.2, 0.25) is 0 Å². The number of carbonyl (C=O) groups is 2. The molecule has 40 heavy (non-hydrogen) atoms. The van der Waals surface area contributed by atoms with Crippen LogP contribution in [-0.2, 0) is 26.1 Å². The highest BCUT2D eigenvalue weighted by atomic mass is 32.2. The highest BCUT2D eigenvalue weighted by molar-refractivity contribution is 7.89. The van der Waals surface area contributed by atoms with E-state index in [4.69, 9.17) is 13.9 Å². The van der Waals surface area contributed by atoms with Crippen LogP contribution >= 0.6 is 0 Å². The second-order valence-corrected chi connectivity index (χ2v) is 12.1. The molecule has 1 aliphatic heterocycles. The molecule has 1 unspecified atom stereocenters. The van der Waals surface area contributed by atoms with Gasteiger partial charge in [-0.05, 0) is 68.1 Å². The molecule has 0 spiro atoms. The predicted octanol–water partition coefficient (Wildman–Crippen LogP) is 4.78. The molecule has 4 rings (SSSR count). The summed E-state index contributed by atoms with van der Waals surface area (Å²) >= 11 is 0. The van der Waals surface area contributed by atoms with Gasteiger partial charge in [-0.15, -0.1) is 0 Å². The lowest BCUT2D eigenvalue weighted by Crippen LogP contribution is -2.36. The topological polar surface area (TPSA) is 115 Å². The number of fused-ring (bicyclic) bond motifs is 1. The lowest BCUT2D eigenvalue weighted by atomic mass is 9.90. The number of methoxy groups -OCH3 is 1. The van der Waals surface area contributed by atoms with Crippen molar-refractivity contribution in [3.63, 3.8) is 0 Å². The van der Waals surface area contributed by atoms with E-state index in [2.05, 4.69) is 5.32 Å². The van der Waals surface area contributed by atoms with E-state index >= 15 is 0 Å². The largest absolute Gasteiger partial charge is 0.488 e. The van der Waals surface area contributed by atoms with Gasteiger partial charge in [0, 0.05) is 12.6 Å². The number of ether oxygens (including phenoxy) is 2. The van der Waals surface area contributed by atoms with Gasteiger partial charge in [0.1, 0.15) is 22.5 Å². The van der Waals surface area contributed by atoms with Crippen LogP contribution in [0.15, 0.2) is 63.9 Å². The summed E-state index contributed by atoms with van der Waals surface area (Å²) in [5, 5.41) is 2.80. The molecule has 1 aliphatic rings. The van der Waals surface area contributed by atoms with E-state index in [0.29, 0.717) is 17.9 Å². The van der Waals surface area contributed by atoms with Gasteiger partial charge >= 0.3 is 5.97 Å². The summed E-state index contributed by atoms with van der Waals surface area (Å²) in [7, 11) is -2.51. The van der Waals surface area contributed by atoms with Crippen LogP contribution in [-0.4, -0.2) is 50.4 Å². The zero-order chi connectivity index (χ0) is 29.0. The molecule has 0 bridgehead atoms. The van der Waals surface area contributed by atoms with Gasteiger partial charge < -0.3 is 19.2 Å². The van der Waals surface area contributed by atoms with E-state index in [1.54, 1.807) is 36.4 Å². The summed E-state index contributed by atoms with van der Waals surface area (Å²) in [6.45, 7) is 7.92. The maximum Gasteiger partial charge on any atom is 0.306 e. The molecule has 10 heteroatoms. The third-order valence-corrected chi connectivity index (χ3v) is 8.81. The molecule has 0 radical (unpaired) electrons. The Labute approximate surface area is 235 Å². The first-order valence-corrected chi connectivity index (χ1v) is 14.8. The van der Waals surface area contributed by atoms with Gasteiger partial charge in [-0.2, -0.15) is 4.31 Å². The van der Waals surface area contributed by atoms with Gasteiger partial charge in [0.15, 0.2) is 5.76 Å². The number of benzene rings is 2. The number of nitrogens with one attached hydrogen (secondary N) is 1. The Hall–Kier alpha value is -3.63. The van der Waals surface area contributed by atoms with E-state index in [1.165, 1.54) is 11.4 Å². The fraction of sp³-hybridized carbons (Fsp3) is 0.400. The maximum atomic E-state index is 13.7. The number of para-hydroxylation sites is 1. The molecule has 1 aromatic heterocycles. The average molecular weight is 569 g/mol. The summed E-state index contributed by atoms with van der Waals surface area (Å²) < 4.78 is 45.7. The minimum Gasteiger partial charge on any atom is -0.488 e. The van der Waals surface area contributed by atoms with Crippen LogP contribution in [0.3, 0.4) is 0 Å². The van der Waals surface area contributed by atoms with Gasteiger partial charge in [0.25, 0.3) is 5.91 Å². The minimum absolute atomic E-state index is 0.0150. The van der Waals surface area contributed by atoms with Crippen LogP contribution in [0.4, 0.5) is 0 Å². The molecular formula is C30H36N2O7S. The SMILES string of the molecule is CC[C@@H]1CN(Cc2cc(C(CC(=O)OC)c3ccc(C(=O)NC(C)C)o3)ccc2C)S(=O)(=O)c2ccccc2O1. The van der Waals surface area contributed by atoms with Crippen molar-refractivity contribution in [1.29, 1.82) is 0 Å². The van der Waals surface area contributed by atoms with E-state index < -0.39 is 21.9 Å². The number of esters is 1. The summed E-state index contributed by atoms with van der Waals surface area (Å²) in [5.41, 5.74) is 2.43. The first-order valence-electron chi connectivity index (χ1n) is 13.4. The number of amides is 1. The molecule has 2 atom stereocenters. The van der Waals surface area contributed by atoms with Gasteiger partial charge in [-0.3, -0.25) is 9.59 Å². The molecule has 214 valence electrons. The average Bonchev–Trinajstić information content (AvgIpc) is 3.38. The Morgan fingerprint density at radius 2 is 1.88 bits per heavy atom. The van der Waals surface area contributed by atoms with Crippen molar-refractivity contribution in [2.75, 3.05) is 13.7 Å². The third-order valence-electron chi connectivity index (χ3n) is 6.96. The van der Waals surface area contributed by atoms with E-state index in [9.17, 15) is 18.0 Å². The summed E-state index contributed by atoms with van der Waals surface area (Å²) in [4.78, 5) is 25.0. The number of rotatable bonds is 9. The molecule has 2 aromatic carbocycles. The Bertz CT molecular complexity index is 1480. The van der Waals surface area contributed by atoms with E-state index in [-0.39, 0.29) is 48.2 Å². The minimum atomic E-state index is -3.83. The lowest BCUT2D eigenvalue weighted by Gasteiger charge is -2.24. The van der Waals surface area contributed by atoms with Gasteiger partial charge in [0.2, 0.25) is 10.0 Å². The molecule has 0 fully saturated rings. The standard InChI is InChI=1S/C30H36N2O7S/c1-6-23-18-32(40(35,36)28-10-8-7-9-26(28)38-23)17-22-15-21(12-11-20(22)4)24(16-29(33)37-5)25-13-14-27(39-25)30(34)31-19(2)3/h7-15,19,23-24H,6,16-18H2,1-5H3,(H,31,34)/t23-,24?/m1/s1. The van der Waals surface area contributed by atoms with Gasteiger partial charge in [-0.1, -0.05) is 37.3 Å². The maximum absolute atomic E-state index is 13.7. The smallest absolute Gasteiger partial charge is 0.306 e. The fourth-order valence-corrected chi connectivity index (χ4v) is 6.27. The summed E-state index contributed by atoms with van der Waals surface area (Å²) in [6.07, 6.45) is 0.331. The summed E-state index contributed by atoms with van der Waals surface area (Å²) in [6, 6.07) is 15.6. The number of carbonyl (C=O) groups excluding carboxylic acids is 2. The molecule has 9 nitrogen and oxygen atoms in total. The van der Waals surface area contributed by atoms with Crippen molar-refractivity contribution in [3.8, 4) is 5.75 Å². The molecule has 2 heterocycles. The molecule has 1 N–H and O–H groups in total. The number of furan rings is 1. The van der Waals surface area contributed by atoms with E-state index in [1.807, 2.05) is 45.9 Å². The predicted molar refractivity (Wildman–Crippen MR) is 150 cm³/mol. The molecule has 0 aliphatic carbocycles. The summed E-state index contributed by atoms with van der Waals surface area (Å²) in [5.74, 6) is -0.389. The van der Waals surface area contributed by atoms with Crippen molar-refractivity contribution < 1.29 is 31.9 Å². The van der Waals surface area contributed by atoms with Crippen LogP contribution in [0, 0.1) is 6.92 Å². The van der Waals surface area contributed by atoms with Gasteiger partial charge in [-0.25, -0.2) is 8.42 Å². The van der Waals surface area contributed by atoms with Crippen LogP contribution in [0.5, 0.6) is 5.75 Å². The second-order valence-electron chi connectivity index (χ2n) is 10.2. The monoisotopic (exact) mass is 568 g/mol. The van der Waals surface area contributed by atoms with Crippen LogP contribution in [0.25, 0.3) is 0 Å². The Morgan fingerprint density at radius 1 is 1.12 bits per heavy atom. The Balaban J connectivity index is 1.70. The molecule has 0 saturated carbocycles. The second kappa shape index (κ2) is 12.3. The number of sulfonamides is 1. The van der Waals surface area contributed by atoms with Crippen LogP contribution in [0.1, 0.15) is 72.5 Å². The third kappa shape index (κ3) is 6.39.